The van der Waals surface area contributed by atoms with Gasteiger partial charge in [0, 0.05) is 6.07 Å². The molecule has 0 saturated carbocycles. The average molecular weight is 301 g/mol. The van der Waals surface area contributed by atoms with Crippen LogP contribution in [0.25, 0.3) is 11.1 Å². The lowest BCUT2D eigenvalue weighted by atomic mass is 10.0. The van der Waals surface area contributed by atoms with Gasteiger partial charge in [-0.3, -0.25) is 10.1 Å². The van der Waals surface area contributed by atoms with Gasteiger partial charge in [-0.2, -0.15) is 0 Å². The van der Waals surface area contributed by atoms with E-state index in [2.05, 4.69) is 4.74 Å². The van der Waals surface area contributed by atoms with Gasteiger partial charge in [0.15, 0.2) is 0 Å². The number of esters is 1. The van der Waals surface area contributed by atoms with Gasteiger partial charge in [-0.1, -0.05) is 18.2 Å². The molecule has 1 N–H and O–H groups in total. The van der Waals surface area contributed by atoms with Crippen molar-refractivity contribution in [3.05, 3.63) is 63.7 Å². The molecule has 0 bridgehead atoms. The van der Waals surface area contributed by atoms with Gasteiger partial charge in [0.2, 0.25) is 0 Å². The number of carbonyl (C=O) groups is 2. The second kappa shape index (κ2) is 6.04. The Labute approximate surface area is 124 Å². The maximum absolute atomic E-state index is 11.5. The first-order chi connectivity index (χ1) is 10.4. The minimum atomic E-state index is -1.37. The van der Waals surface area contributed by atoms with Crippen LogP contribution in [0.15, 0.2) is 42.5 Å². The molecule has 0 aromatic heterocycles. The van der Waals surface area contributed by atoms with Crippen LogP contribution in [0.2, 0.25) is 0 Å². The zero-order valence-corrected chi connectivity index (χ0v) is 11.5. The molecular weight excluding hydrogens is 290 g/mol. The highest BCUT2D eigenvalue weighted by Gasteiger charge is 2.20. The molecule has 0 aliphatic heterocycles. The fourth-order valence-corrected chi connectivity index (χ4v) is 1.99. The zero-order valence-electron chi connectivity index (χ0n) is 11.5. The first-order valence-corrected chi connectivity index (χ1v) is 6.14. The Bertz CT molecular complexity index is 768. The number of hydrogen-bond acceptors (Lipinski definition) is 5. The van der Waals surface area contributed by atoms with Crippen molar-refractivity contribution in [2.24, 2.45) is 0 Å². The lowest BCUT2D eigenvalue weighted by molar-refractivity contribution is -0.385. The standard InChI is InChI=1S/C15H11NO6/c1-22-15(19)11-4-2-3-9(7-11)10-5-6-12(14(17)18)13(8-10)16(20)21/h2-8H,1H3,(H,17,18). The number of nitro groups is 1. The van der Waals surface area contributed by atoms with Crippen molar-refractivity contribution in [1.29, 1.82) is 0 Å². The number of nitro benzene ring substituents is 1. The van der Waals surface area contributed by atoms with Crippen molar-refractivity contribution in [1.82, 2.24) is 0 Å². The van der Waals surface area contributed by atoms with Crippen LogP contribution in [0, 0.1) is 10.1 Å². The minimum absolute atomic E-state index is 0.296. The largest absolute Gasteiger partial charge is 0.477 e. The summed E-state index contributed by atoms with van der Waals surface area (Å²) in [6, 6.07) is 10.1. The molecule has 0 saturated heterocycles. The molecule has 0 radical (unpaired) electrons. The Hall–Kier alpha value is -3.22. The minimum Gasteiger partial charge on any atom is -0.477 e. The van der Waals surface area contributed by atoms with Gasteiger partial charge in [-0.25, -0.2) is 9.59 Å². The highest BCUT2D eigenvalue weighted by molar-refractivity contribution is 5.94. The molecule has 22 heavy (non-hydrogen) atoms. The van der Waals surface area contributed by atoms with E-state index in [1.165, 1.54) is 31.4 Å². The molecule has 7 nitrogen and oxygen atoms in total. The summed E-state index contributed by atoms with van der Waals surface area (Å²) in [5.74, 6) is -1.90. The highest BCUT2D eigenvalue weighted by Crippen LogP contribution is 2.28. The molecule has 2 aromatic rings. The monoisotopic (exact) mass is 301 g/mol. The van der Waals surface area contributed by atoms with Gasteiger partial charge in [0.05, 0.1) is 17.6 Å². The fourth-order valence-electron chi connectivity index (χ4n) is 1.99. The van der Waals surface area contributed by atoms with E-state index in [4.69, 9.17) is 5.11 Å². The number of carboxylic acids is 1. The van der Waals surface area contributed by atoms with Gasteiger partial charge in [0.1, 0.15) is 5.56 Å². The van der Waals surface area contributed by atoms with Crippen LogP contribution in [-0.4, -0.2) is 29.1 Å². The molecule has 7 heteroatoms. The van der Waals surface area contributed by atoms with Gasteiger partial charge in [0.25, 0.3) is 5.69 Å². The number of ether oxygens (including phenoxy) is 1. The van der Waals surface area contributed by atoms with E-state index >= 15 is 0 Å². The van der Waals surface area contributed by atoms with E-state index in [1.54, 1.807) is 18.2 Å². The number of hydrogen-bond donors (Lipinski definition) is 1. The summed E-state index contributed by atoms with van der Waals surface area (Å²) in [6.45, 7) is 0. The topological polar surface area (TPSA) is 107 Å². The maximum Gasteiger partial charge on any atom is 0.342 e. The van der Waals surface area contributed by atoms with Gasteiger partial charge in [-0.05, 0) is 29.3 Å². The van der Waals surface area contributed by atoms with E-state index in [-0.39, 0.29) is 0 Å². The van der Waals surface area contributed by atoms with E-state index in [0.717, 1.165) is 0 Å². The predicted molar refractivity (Wildman–Crippen MR) is 76.8 cm³/mol. The molecule has 2 aromatic carbocycles. The molecule has 0 unspecified atom stereocenters. The van der Waals surface area contributed by atoms with Crippen molar-refractivity contribution < 1.29 is 24.4 Å². The SMILES string of the molecule is COC(=O)c1cccc(-c2ccc(C(=O)O)c([N+](=O)[O-])c2)c1. The quantitative estimate of drug-likeness (QED) is 0.528. The molecule has 112 valence electrons. The van der Waals surface area contributed by atoms with Crippen LogP contribution in [0.4, 0.5) is 5.69 Å². The molecule has 0 heterocycles. The van der Waals surface area contributed by atoms with Gasteiger partial charge < -0.3 is 9.84 Å². The molecule has 0 spiro atoms. The molecule has 2 rings (SSSR count). The van der Waals surface area contributed by atoms with E-state index in [9.17, 15) is 19.7 Å². The molecule has 0 aliphatic carbocycles. The van der Waals surface area contributed by atoms with Crippen LogP contribution >= 0.6 is 0 Å². The summed E-state index contributed by atoms with van der Waals surface area (Å²) in [5.41, 5.74) is 0.377. The normalized spacial score (nSPS) is 10.0. The second-order valence-corrected chi connectivity index (χ2v) is 4.37. The Morgan fingerprint density at radius 2 is 1.82 bits per heavy atom. The first kappa shape index (κ1) is 15.2. The fraction of sp³-hybridized carbons (Fsp3) is 0.0667. The van der Waals surface area contributed by atoms with Crippen LogP contribution in [0.1, 0.15) is 20.7 Å². The number of benzene rings is 2. The maximum atomic E-state index is 11.5. The van der Waals surface area contributed by atoms with E-state index < -0.39 is 28.1 Å². The van der Waals surface area contributed by atoms with Crippen LogP contribution in [0.5, 0.6) is 0 Å². The Kier molecular flexibility index (Phi) is 4.17. The number of carbonyl (C=O) groups excluding carboxylic acids is 1. The summed E-state index contributed by atoms with van der Waals surface area (Å²) in [5, 5.41) is 20.0. The van der Waals surface area contributed by atoms with Crippen molar-refractivity contribution >= 4 is 17.6 Å². The number of carboxylic acid groups (broad SMARTS) is 1. The number of methoxy groups -OCH3 is 1. The lowest BCUT2D eigenvalue weighted by Gasteiger charge is -2.06. The summed E-state index contributed by atoms with van der Waals surface area (Å²) in [4.78, 5) is 32.7. The van der Waals surface area contributed by atoms with Crippen molar-refractivity contribution in [3.63, 3.8) is 0 Å². The number of rotatable bonds is 4. The highest BCUT2D eigenvalue weighted by atomic mass is 16.6. The third-order valence-corrected chi connectivity index (χ3v) is 3.04. The molecular formula is C15H11NO6. The van der Waals surface area contributed by atoms with Gasteiger partial charge in [-0.15, -0.1) is 0 Å². The Morgan fingerprint density at radius 3 is 2.41 bits per heavy atom. The summed E-state index contributed by atoms with van der Waals surface area (Å²) >= 11 is 0. The second-order valence-electron chi connectivity index (χ2n) is 4.37. The molecule has 0 fully saturated rings. The summed E-state index contributed by atoms with van der Waals surface area (Å²) in [6.07, 6.45) is 0. The van der Waals surface area contributed by atoms with E-state index in [0.29, 0.717) is 16.7 Å². The van der Waals surface area contributed by atoms with Crippen molar-refractivity contribution in [3.8, 4) is 11.1 Å². The number of aromatic carboxylic acids is 1. The first-order valence-electron chi connectivity index (χ1n) is 6.14. The summed E-state index contributed by atoms with van der Waals surface area (Å²) < 4.78 is 4.61. The van der Waals surface area contributed by atoms with Crippen molar-refractivity contribution in [2.75, 3.05) is 7.11 Å². The Morgan fingerprint density at radius 1 is 1.14 bits per heavy atom. The average Bonchev–Trinajstić information content (AvgIpc) is 2.53. The molecule has 0 amide bonds. The predicted octanol–water partition coefficient (Wildman–Crippen LogP) is 2.75. The van der Waals surface area contributed by atoms with Gasteiger partial charge >= 0.3 is 11.9 Å². The van der Waals surface area contributed by atoms with Crippen LogP contribution in [0.3, 0.4) is 0 Å². The lowest BCUT2D eigenvalue weighted by Crippen LogP contribution is -2.03. The molecule has 0 aliphatic rings. The number of nitrogens with zero attached hydrogens (tertiary/aromatic N) is 1. The molecule has 0 atom stereocenters. The smallest absolute Gasteiger partial charge is 0.342 e. The van der Waals surface area contributed by atoms with Crippen molar-refractivity contribution in [2.45, 2.75) is 0 Å². The summed E-state index contributed by atoms with van der Waals surface area (Å²) in [7, 11) is 1.25. The zero-order chi connectivity index (χ0) is 16.3. The third-order valence-electron chi connectivity index (χ3n) is 3.04. The Balaban J connectivity index is 2.54. The van der Waals surface area contributed by atoms with Crippen LogP contribution in [-0.2, 0) is 4.74 Å². The van der Waals surface area contributed by atoms with Crippen LogP contribution < -0.4 is 0 Å². The van der Waals surface area contributed by atoms with E-state index in [1.807, 2.05) is 0 Å². The third kappa shape index (κ3) is 2.93.